The molecule has 0 saturated carbocycles. The molecule has 0 fully saturated rings. The predicted molar refractivity (Wildman–Crippen MR) is 107 cm³/mol. The van der Waals surface area contributed by atoms with E-state index >= 15 is 0 Å². The fourth-order valence-electron chi connectivity index (χ4n) is 2.38. The summed E-state index contributed by atoms with van der Waals surface area (Å²) < 4.78 is 23.7. The van der Waals surface area contributed by atoms with Crippen LogP contribution in [0.3, 0.4) is 0 Å². The average Bonchev–Trinajstić information content (AvgIpc) is 2.82. The Bertz CT molecular complexity index is 960. The van der Waals surface area contributed by atoms with Crippen molar-refractivity contribution in [2.24, 2.45) is 0 Å². The monoisotopic (exact) mass is 447 g/mol. The number of rotatable bonds is 8. The van der Waals surface area contributed by atoms with Gasteiger partial charge >= 0.3 is 18.3 Å². The van der Waals surface area contributed by atoms with Crippen LogP contribution in [-0.4, -0.2) is 56.2 Å². The van der Waals surface area contributed by atoms with Crippen molar-refractivity contribution in [3.8, 4) is 11.5 Å². The summed E-state index contributed by atoms with van der Waals surface area (Å²) in [5.74, 6) is -2.59. The van der Waals surface area contributed by atoms with Gasteiger partial charge < -0.3 is 34.1 Å². The molecule has 170 valence electrons. The Labute approximate surface area is 182 Å². The number of aliphatic hydroxyl groups excluding tert-OH is 1. The first-order valence-corrected chi connectivity index (χ1v) is 9.16. The fourth-order valence-corrected chi connectivity index (χ4v) is 2.38. The van der Waals surface area contributed by atoms with Gasteiger partial charge in [0.1, 0.15) is 6.61 Å². The number of carbonyl (C=O) groups excluding carboxylic acids is 4. The zero-order chi connectivity index (χ0) is 23.5. The number of carbonyl (C=O) groups is 4. The maximum Gasteiger partial charge on any atom is 0.513 e. The second-order valence-corrected chi connectivity index (χ2v) is 6.05. The van der Waals surface area contributed by atoms with E-state index in [-0.39, 0.29) is 17.9 Å². The molecular weight excluding hydrogens is 426 g/mol. The van der Waals surface area contributed by atoms with Crippen LogP contribution >= 0.6 is 0 Å². The van der Waals surface area contributed by atoms with Crippen molar-refractivity contribution < 1.29 is 48.0 Å². The lowest BCUT2D eigenvalue weighted by atomic mass is 10.1. The first kappa shape index (κ1) is 24.2. The van der Waals surface area contributed by atoms with Crippen LogP contribution in [-0.2, 0) is 25.6 Å². The quantitative estimate of drug-likeness (QED) is 0.349. The molecule has 0 aliphatic heterocycles. The molecule has 1 amide bonds. The number of ether oxygens (including phenoxy) is 5. The molecule has 11 nitrogen and oxygen atoms in total. The molecule has 0 aliphatic carbocycles. The molecule has 2 N–H and O–H groups in total. The highest BCUT2D eigenvalue weighted by Crippen LogP contribution is 2.32. The molecule has 0 aliphatic rings. The first-order valence-electron chi connectivity index (χ1n) is 9.16. The third-order valence-corrected chi connectivity index (χ3v) is 3.93. The van der Waals surface area contributed by atoms with Crippen LogP contribution in [0.25, 0.3) is 0 Å². The van der Waals surface area contributed by atoms with E-state index in [1.807, 2.05) is 0 Å². The third-order valence-electron chi connectivity index (χ3n) is 3.93. The van der Waals surface area contributed by atoms with Gasteiger partial charge in [0, 0.05) is 0 Å². The molecule has 2 aromatic rings. The molecular formula is C21H21NO10. The SMILES string of the molecule is COC(=O)Oc1cccc(C(=O)N[C@@H](CO)C(=O)OCc2ccccc2)c1OC(=O)OC. The predicted octanol–water partition coefficient (Wildman–Crippen LogP) is 1.81. The normalized spacial score (nSPS) is 11.0. The summed E-state index contributed by atoms with van der Waals surface area (Å²) in [5, 5.41) is 11.8. The van der Waals surface area contributed by atoms with Gasteiger partial charge in [0.2, 0.25) is 0 Å². The van der Waals surface area contributed by atoms with Gasteiger partial charge in [-0.25, -0.2) is 14.4 Å². The van der Waals surface area contributed by atoms with Crippen LogP contribution in [0.1, 0.15) is 15.9 Å². The number of hydrogen-bond donors (Lipinski definition) is 2. The van der Waals surface area contributed by atoms with Crippen molar-refractivity contribution in [2.75, 3.05) is 20.8 Å². The van der Waals surface area contributed by atoms with E-state index in [1.54, 1.807) is 30.3 Å². The molecule has 0 radical (unpaired) electrons. The highest BCUT2D eigenvalue weighted by molar-refractivity contribution is 6.00. The van der Waals surface area contributed by atoms with E-state index < -0.39 is 42.6 Å². The molecule has 32 heavy (non-hydrogen) atoms. The molecule has 0 unspecified atom stereocenters. The highest BCUT2D eigenvalue weighted by atomic mass is 16.7. The lowest BCUT2D eigenvalue weighted by Crippen LogP contribution is -2.44. The van der Waals surface area contributed by atoms with Gasteiger partial charge in [-0.1, -0.05) is 36.4 Å². The Morgan fingerprint density at radius 1 is 0.906 bits per heavy atom. The van der Waals surface area contributed by atoms with Crippen LogP contribution in [0, 0.1) is 0 Å². The van der Waals surface area contributed by atoms with E-state index in [9.17, 15) is 24.3 Å². The Morgan fingerprint density at radius 2 is 1.56 bits per heavy atom. The van der Waals surface area contributed by atoms with Gasteiger partial charge in [-0.3, -0.25) is 4.79 Å². The van der Waals surface area contributed by atoms with Gasteiger partial charge in [-0.15, -0.1) is 0 Å². The Hall–Kier alpha value is -4.12. The van der Waals surface area contributed by atoms with Crippen molar-refractivity contribution in [3.63, 3.8) is 0 Å². The van der Waals surface area contributed by atoms with Gasteiger partial charge in [-0.05, 0) is 17.7 Å². The summed E-state index contributed by atoms with van der Waals surface area (Å²) >= 11 is 0. The highest BCUT2D eigenvalue weighted by Gasteiger charge is 2.27. The Kier molecular flexibility index (Phi) is 8.99. The summed E-state index contributed by atoms with van der Waals surface area (Å²) in [6.45, 7) is -0.823. The molecule has 0 heterocycles. The molecule has 2 rings (SSSR count). The topological polar surface area (TPSA) is 147 Å². The number of aliphatic hydroxyl groups is 1. The van der Waals surface area contributed by atoms with E-state index in [0.29, 0.717) is 5.56 Å². The summed E-state index contributed by atoms with van der Waals surface area (Å²) in [6.07, 6.45) is -2.32. The Balaban J connectivity index is 2.20. The van der Waals surface area contributed by atoms with Crippen molar-refractivity contribution in [3.05, 3.63) is 59.7 Å². The summed E-state index contributed by atoms with van der Waals surface area (Å²) in [5.41, 5.74) is 0.427. The van der Waals surface area contributed by atoms with E-state index in [2.05, 4.69) is 14.8 Å². The number of methoxy groups -OCH3 is 2. The second-order valence-electron chi connectivity index (χ2n) is 6.05. The number of amides is 1. The van der Waals surface area contributed by atoms with Crippen LogP contribution in [0.5, 0.6) is 11.5 Å². The molecule has 0 bridgehead atoms. The summed E-state index contributed by atoms with van der Waals surface area (Å²) in [6, 6.07) is 11.2. The maximum atomic E-state index is 12.8. The average molecular weight is 447 g/mol. The Morgan fingerprint density at radius 3 is 2.19 bits per heavy atom. The van der Waals surface area contributed by atoms with E-state index in [0.717, 1.165) is 14.2 Å². The van der Waals surface area contributed by atoms with Gasteiger partial charge in [-0.2, -0.15) is 0 Å². The number of benzene rings is 2. The molecule has 0 aromatic heterocycles. The smallest absolute Gasteiger partial charge is 0.459 e. The second kappa shape index (κ2) is 11.9. The number of para-hydroxylation sites is 1. The fraction of sp³-hybridized carbons (Fsp3) is 0.238. The van der Waals surface area contributed by atoms with Crippen molar-refractivity contribution >= 4 is 24.2 Å². The van der Waals surface area contributed by atoms with Crippen LogP contribution in [0.15, 0.2) is 48.5 Å². The van der Waals surface area contributed by atoms with Gasteiger partial charge in [0.15, 0.2) is 17.5 Å². The lowest BCUT2D eigenvalue weighted by molar-refractivity contribution is -0.148. The molecule has 11 heteroatoms. The minimum Gasteiger partial charge on any atom is -0.459 e. The first-order chi connectivity index (χ1) is 15.4. The number of hydrogen-bond acceptors (Lipinski definition) is 10. The molecule has 0 spiro atoms. The van der Waals surface area contributed by atoms with E-state index in [4.69, 9.17) is 14.2 Å². The molecule has 0 saturated heterocycles. The third kappa shape index (κ3) is 6.71. The zero-order valence-corrected chi connectivity index (χ0v) is 17.2. The van der Waals surface area contributed by atoms with Crippen LogP contribution < -0.4 is 14.8 Å². The van der Waals surface area contributed by atoms with Crippen LogP contribution in [0.2, 0.25) is 0 Å². The maximum absolute atomic E-state index is 12.8. The minimum absolute atomic E-state index is 0.0643. The van der Waals surface area contributed by atoms with E-state index in [1.165, 1.54) is 18.2 Å². The molecule has 2 aromatic carbocycles. The molecule has 1 atom stereocenters. The number of nitrogens with one attached hydrogen (secondary N) is 1. The summed E-state index contributed by atoms with van der Waals surface area (Å²) in [7, 11) is 2.10. The summed E-state index contributed by atoms with van der Waals surface area (Å²) in [4.78, 5) is 48.1. The van der Waals surface area contributed by atoms with Gasteiger partial charge in [0.05, 0.1) is 26.4 Å². The lowest BCUT2D eigenvalue weighted by Gasteiger charge is -2.17. The standard InChI is InChI=1S/C21H21NO10/c1-28-20(26)31-16-10-6-9-14(17(16)32-21(27)29-2)18(24)22-15(11-23)19(25)30-12-13-7-4-3-5-8-13/h3-10,15,23H,11-12H2,1-2H3,(H,22,24)/t15-/m0/s1. The van der Waals surface area contributed by atoms with Gasteiger partial charge in [0.25, 0.3) is 5.91 Å². The van der Waals surface area contributed by atoms with Crippen molar-refractivity contribution in [1.82, 2.24) is 5.32 Å². The largest absolute Gasteiger partial charge is 0.513 e. The minimum atomic E-state index is -1.41. The number of esters is 1. The van der Waals surface area contributed by atoms with Crippen molar-refractivity contribution in [1.29, 1.82) is 0 Å². The van der Waals surface area contributed by atoms with Crippen LogP contribution in [0.4, 0.5) is 9.59 Å². The zero-order valence-electron chi connectivity index (χ0n) is 17.2. The van der Waals surface area contributed by atoms with Crippen molar-refractivity contribution in [2.45, 2.75) is 12.6 Å².